The van der Waals surface area contributed by atoms with Gasteiger partial charge in [-0.25, -0.2) is 8.42 Å². The van der Waals surface area contributed by atoms with Crippen LogP contribution in [0.2, 0.25) is 0 Å². The van der Waals surface area contributed by atoms with E-state index in [1.807, 2.05) is 6.92 Å². The molecule has 0 bridgehead atoms. The second-order valence-corrected chi connectivity index (χ2v) is 6.47. The van der Waals surface area contributed by atoms with Crippen LogP contribution in [0.4, 0.5) is 5.69 Å². The van der Waals surface area contributed by atoms with Crippen LogP contribution in [0.5, 0.6) is 0 Å². The number of sulfone groups is 1. The number of amides is 1. The third-order valence-electron chi connectivity index (χ3n) is 2.85. The lowest BCUT2D eigenvalue weighted by atomic mass is 10.1. The summed E-state index contributed by atoms with van der Waals surface area (Å²) >= 11 is 0. The third-order valence-corrected chi connectivity index (χ3v) is 4.47. The van der Waals surface area contributed by atoms with Crippen LogP contribution in [0.25, 0.3) is 0 Å². The molecule has 0 fully saturated rings. The fourth-order valence-electron chi connectivity index (χ4n) is 1.44. The molecule has 20 heavy (non-hydrogen) atoms. The Morgan fingerprint density at radius 1 is 1.25 bits per heavy atom. The Kier molecular flexibility index (Phi) is 5.26. The zero-order chi connectivity index (χ0) is 15.3. The number of aliphatic carboxylic acids is 1. The maximum Gasteiger partial charge on any atom is 0.319 e. The molecular formula is C13H17NO5S. The van der Waals surface area contributed by atoms with E-state index >= 15 is 0 Å². The van der Waals surface area contributed by atoms with E-state index < -0.39 is 21.6 Å². The Morgan fingerprint density at radius 2 is 1.80 bits per heavy atom. The molecule has 0 aliphatic rings. The molecule has 0 aliphatic heterocycles. The van der Waals surface area contributed by atoms with Crippen molar-refractivity contribution >= 4 is 27.4 Å². The van der Waals surface area contributed by atoms with Crippen LogP contribution in [0.15, 0.2) is 29.2 Å². The van der Waals surface area contributed by atoms with Gasteiger partial charge in [-0.3, -0.25) is 9.59 Å². The van der Waals surface area contributed by atoms with Crippen molar-refractivity contribution in [3.63, 3.8) is 0 Å². The number of rotatable bonds is 6. The molecule has 0 radical (unpaired) electrons. The molecule has 1 rings (SSSR count). The van der Waals surface area contributed by atoms with Crippen LogP contribution in [-0.4, -0.2) is 31.2 Å². The average molecular weight is 299 g/mol. The number of carbonyl (C=O) groups excluding carboxylic acids is 1. The third kappa shape index (κ3) is 4.34. The van der Waals surface area contributed by atoms with Gasteiger partial charge < -0.3 is 10.4 Å². The summed E-state index contributed by atoms with van der Waals surface area (Å²) in [6.45, 7) is 3.69. The van der Waals surface area contributed by atoms with Gasteiger partial charge in [0.25, 0.3) is 0 Å². The van der Waals surface area contributed by atoms with Crippen LogP contribution in [-0.2, 0) is 19.4 Å². The van der Waals surface area contributed by atoms with Gasteiger partial charge in [-0.1, -0.05) is 13.8 Å². The van der Waals surface area contributed by atoms with Gasteiger partial charge in [-0.15, -0.1) is 0 Å². The first-order valence-corrected chi connectivity index (χ1v) is 7.77. The molecule has 1 atom stereocenters. The number of benzene rings is 1. The Labute approximate surface area is 117 Å². The van der Waals surface area contributed by atoms with Crippen LogP contribution < -0.4 is 5.32 Å². The lowest BCUT2D eigenvalue weighted by Gasteiger charge is -2.10. The van der Waals surface area contributed by atoms with Crippen molar-refractivity contribution in [2.45, 2.75) is 25.2 Å². The molecule has 0 aliphatic carbocycles. The number of carboxylic acids is 1. The predicted octanol–water partition coefficient (Wildman–Crippen LogP) is 1.53. The minimum atomic E-state index is -3.84. The quantitative estimate of drug-likeness (QED) is 0.829. The van der Waals surface area contributed by atoms with Crippen LogP contribution >= 0.6 is 0 Å². The zero-order valence-corrected chi connectivity index (χ0v) is 12.1. The summed E-state index contributed by atoms with van der Waals surface area (Å²) in [6.07, 6.45) is 0.705. The summed E-state index contributed by atoms with van der Waals surface area (Å²) in [5, 5.41) is 11.2. The number of anilines is 1. The smallest absolute Gasteiger partial charge is 0.319 e. The first-order valence-electron chi connectivity index (χ1n) is 6.11. The molecule has 0 saturated heterocycles. The molecule has 110 valence electrons. The standard InChI is InChI=1S/C13H17NO5S/c1-3-9(2)13(17)14-10-4-6-11(7-5-10)20(18,19)8-12(15)16/h4-7,9H,3,8H2,1-2H3,(H,14,17)(H,15,16). The highest BCUT2D eigenvalue weighted by molar-refractivity contribution is 7.92. The number of hydrogen-bond acceptors (Lipinski definition) is 4. The van der Waals surface area contributed by atoms with E-state index in [4.69, 9.17) is 5.11 Å². The van der Waals surface area contributed by atoms with Crippen LogP contribution in [0.3, 0.4) is 0 Å². The van der Waals surface area contributed by atoms with E-state index in [9.17, 15) is 18.0 Å². The fourth-order valence-corrected chi connectivity index (χ4v) is 2.48. The second-order valence-electron chi connectivity index (χ2n) is 4.48. The van der Waals surface area contributed by atoms with Crippen molar-refractivity contribution in [3.05, 3.63) is 24.3 Å². The average Bonchev–Trinajstić information content (AvgIpc) is 2.36. The fraction of sp³-hybridized carbons (Fsp3) is 0.385. The molecule has 7 heteroatoms. The number of carboxylic acid groups (broad SMARTS) is 1. The van der Waals surface area contributed by atoms with Gasteiger partial charge in [0, 0.05) is 11.6 Å². The van der Waals surface area contributed by atoms with E-state index in [0.717, 1.165) is 0 Å². The first-order chi connectivity index (χ1) is 9.26. The van der Waals surface area contributed by atoms with E-state index in [0.29, 0.717) is 12.1 Å². The lowest BCUT2D eigenvalue weighted by molar-refractivity contribution is -0.134. The molecular weight excluding hydrogens is 282 g/mol. The molecule has 1 aromatic carbocycles. The molecule has 0 heterocycles. The summed E-state index contributed by atoms with van der Waals surface area (Å²) in [7, 11) is -3.84. The van der Waals surface area contributed by atoms with Crippen molar-refractivity contribution in [3.8, 4) is 0 Å². The van der Waals surface area contributed by atoms with Gasteiger partial charge in [-0.2, -0.15) is 0 Å². The topological polar surface area (TPSA) is 101 Å². The normalized spacial score (nSPS) is 12.7. The highest BCUT2D eigenvalue weighted by Crippen LogP contribution is 2.16. The van der Waals surface area contributed by atoms with Gasteiger partial charge in [0.15, 0.2) is 15.6 Å². The molecule has 1 amide bonds. The predicted molar refractivity (Wildman–Crippen MR) is 74.2 cm³/mol. The zero-order valence-electron chi connectivity index (χ0n) is 11.3. The van der Waals surface area contributed by atoms with E-state index in [2.05, 4.69) is 5.32 Å². The van der Waals surface area contributed by atoms with Gasteiger partial charge in [0.1, 0.15) is 0 Å². The van der Waals surface area contributed by atoms with Crippen LogP contribution in [0.1, 0.15) is 20.3 Å². The van der Waals surface area contributed by atoms with Gasteiger partial charge in [0.05, 0.1) is 4.90 Å². The minimum absolute atomic E-state index is 0.0820. The Bertz CT molecular complexity index is 592. The molecule has 1 aromatic rings. The minimum Gasteiger partial charge on any atom is -0.480 e. The number of nitrogens with one attached hydrogen (secondary N) is 1. The van der Waals surface area contributed by atoms with E-state index in [1.54, 1.807) is 6.92 Å². The Hall–Kier alpha value is -1.89. The maximum absolute atomic E-state index is 11.7. The van der Waals surface area contributed by atoms with E-state index in [-0.39, 0.29) is 16.7 Å². The maximum atomic E-state index is 11.7. The number of carbonyl (C=O) groups is 2. The second kappa shape index (κ2) is 6.51. The van der Waals surface area contributed by atoms with Crippen molar-refractivity contribution in [1.29, 1.82) is 0 Å². The van der Waals surface area contributed by atoms with E-state index in [1.165, 1.54) is 24.3 Å². The highest BCUT2D eigenvalue weighted by Gasteiger charge is 2.18. The van der Waals surface area contributed by atoms with Gasteiger partial charge >= 0.3 is 5.97 Å². The van der Waals surface area contributed by atoms with Gasteiger partial charge in [-0.05, 0) is 30.7 Å². The molecule has 2 N–H and O–H groups in total. The van der Waals surface area contributed by atoms with Crippen molar-refractivity contribution in [2.75, 3.05) is 11.1 Å². The Balaban J connectivity index is 2.84. The summed E-state index contributed by atoms with van der Waals surface area (Å²) in [5.41, 5.74) is 0.476. The van der Waals surface area contributed by atoms with Crippen LogP contribution in [0, 0.1) is 5.92 Å². The van der Waals surface area contributed by atoms with Crippen molar-refractivity contribution < 1.29 is 23.1 Å². The Morgan fingerprint density at radius 3 is 2.25 bits per heavy atom. The molecule has 0 saturated carbocycles. The SMILES string of the molecule is CCC(C)C(=O)Nc1ccc(S(=O)(=O)CC(=O)O)cc1. The molecule has 0 spiro atoms. The summed E-state index contributed by atoms with van der Waals surface area (Å²) < 4.78 is 23.3. The molecule has 1 unspecified atom stereocenters. The summed E-state index contributed by atoms with van der Waals surface area (Å²) in [5.74, 6) is -2.64. The summed E-state index contributed by atoms with van der Waals surface area (Å²) in [4.78, 5) is 22.1. The largest absolute Gasteiger partial charge is 0.480 e. The monoisotopic (exact) mass is 299 g/mol. The molecule has 6 nitrogen and oxygen atoms in total. The van der Waals surface area contributed by atoms with Crippen molar-refractivity contribution in [2.24, 2.45) is 5.92 Å². The van der Waals surface area contributed by atoms with Crippen molar-refractivity contribution in [1.82, 2.24) is 0 Å². The first kappa shape index (κ1) is 16.2. The highest BCUT2D eigenvalue weighted by atomic mass is 32.2. The molecule has 0 aromatic heterocycles. The number of hydrogen-bond donors (Lipinski definition) is 2. The lowest BCUT2D eigenvalue weighted by Crippen LogP contribution is -2.19. The summed E-state index contributed by atoms with van der Waals surface area (Å²) in [6, 6.07) is 5.44. The van der Waals surface area contributed by atoms with Gasteiger partial charge in [0.2, 0.25) is 5.91 Å².